The number of hydrogen-bond acceptors (Lipinski definition) is 3. The van der Waals surface area contributed by atoms with Crippen LogP contribution in [-0.2, 0) is 0 Å². The molecule has 0 N–H and O–H groups in total. The van der Waals surface area contributed by atoms with Gasteiger partial charge in [-0.2, -0.15) is 5.10 Å². The van der Waals surface area contributed by atoms with E-state index in [-0.39, 0.29) is 11.9 Å². The number of halogens is 1. The molecular weight excluding hydrogens is 356 g/mol. The lowest BCUT2D eigenvalue weighted by Crippen LogP contribution is -2.29. The van der Waals surface area contributed by atoms with E-state index >= 15 is 0 Å². The van der Waals surface area contributed by atoms with Crippen LogP contribution in [0, 0.1) is 0 Å². The summed E-state index contributed by atoms with van der Waals surface area (Å²) in [5, 5.41) is 5.32. The highest BCUT2D eigenvalue weighted by Crippen LogP contribution is 2.24. The molecule has 23 heavy (non-hydrogen) atoms. The van der Waals surface area contributed by atoms with Crippen molar-refractivity contribution in [2.45, 2.75) is 12.5 Å². The molecule has 1 aliphatic rings. The van der Waals surface area contributed by atoms with E-state index < -0.39 is 0 Å². The van der Waals surface area contributed by atoms with Crippen LogP contribution in [0.5, 0.6) is 0 Å². The van der Waals surface area contributed by atoms with Crippen molar-refractivity contribution < 1.29 is 4.79 Å². The molecule has 6 heteroatoms. The van der Waals surface area contributed by atoms with Gasteiger partial charge in [-0.25, -0.2) is 0 Å². The molecule has 1 aromatic carbocycles. The highest BCUT2D eigenvalue weighted by molar-refractivity contribution is 9.10. The van der Waals surface area contributed by atoms with Crippen molar-refractivity contribution in [1.29, 1.82) is 0 Å². The first-order chi connectivity index (χ1) is 11.2. The maximum absolute atomic E-state index is 12.7. The van der Waals surface area contributed by atoms with Gasteiger partial charge in [0.2, 0.25) is 0 Å². The van der Waals surface area contributed by atoms with Gasteiger partial charge in [0.25, 0.3) is 5.91 Å². The summed E-state index contributed by atoms with van der Waals surface area (Å²) >= 11 is 3.41. The maximum Gasteiger partial charge on any atom is 0.253 e. The Morgan fingerprint density at radius 1 is 1.30 bits per heavy atom. The number of pyridine rings is 1. The van der Waals surface area contributed by atoms with Gasteiger partial charge in [-0.3, -0.25) is 14.5 Å². The SMILES string of the molecule is O=C(c1ccc2ncccc2c1)N1CCC(n2cc(Br)cn2)C1. The van der Waals surface area contributed by atoms with Crippen LogP contribution in [-0.4, -0.2) is 38.7 Å². The van der Waals surface area contributed by atoms with E-state index in [1.165, 1.54) is 0 Å². The van der Waals surface area contributed by atoms with Gasteiger partial charge in [-0.05, 0) is 46.6 Å². The zero-order valence-corrected chi connectivity index (χ0v) is 14.0. The van der Waals surface area contributed by atoms with Gasteiger partial charge in [0.1, 0.15) is 0 Å². The molecule has 0 bridgehead atoms. The fraction of sp³-hybridized carbons (Fsp3) is 0.235. The largest absolute Gasteiger partial charge is 0.336 e. The van der Waals surface area contributed by atoms with E-state index in [1.54, 1.807) is 12.4 Å². The van der Waals surface area contributed by atoms with Crippen LogP contribution in [0.1, 0.15) is 22.8 Å². The molecule has 5 nitrogen and oxygen atoms in total. The second-order valence-corrected chi connectivity index (χ2v) is 6.66. The van der Waals surface area contributed by atoms with Crippen molar-refractivity contribution >= 4 is 32.7 Å². The lowest BCUT2D eigenvalue weighted by Gasteiger charge is -2.17. The molecule has 0 radical (unpaired) electrons. The molecular formula is C17H15BrN4O. The number of fused-ring (bicyclic) bond motifs is 1. The number of likely N-dealkylation sites (tertiary alicyclic amines) is 1. The first-order valence-electron chi connectivity index (χ1n) is 7.54. The molecule has 0 aliphatic carbocycles. The summed E-state index contributed by atoms with van der Waals surface area (Å²) < 4.78 is 2.89. The average molecular weight is 371 g/mol. The third kappa shape index (κ3) is 2.74. The van der Waals surface area contributed by atoms with E-state index in [2.05, 4.69) is 26.0 Å². The van der Waals surface area contributed by atoms with Crippen LogP contribution in [0.25, 0.3) is 10.9 Å². The monoisotopic (exact) mass is 370 g/mol. The minimum Gasteiger partial charge on any atom is -0.336 e. The Kier molecular flexibility index (Phi) is 3.61. The topological polar surface area (TPSA) is 51.0 Å². The molecule has 3 heterocycles. The number of carbonyl (C=O) groups is 1. The second kappa shape index (κ2) is 5.77. The van der Waals surface area contributed by atoms with Gasteiger partial charge >= 0.3 is 0 Å². The summed E-state index contributed by atoms with van der Waals surface area (Å²) in [7, 11) is 0. The number of amides is 1. The zero-order valence-electron chi connectivity index (χ0n) is 12.4. The molecule has 0 spiro atoms. The van der Waals surface area contributed by atoms with E-state index in [0.717, 1.165) is 28.3 Å². The van der Waals surface area contributed by atoms with Crippen LogP contribution in [0.2, 0.25) is 0 Å². The number of nitrogens with zero attached hydrogens (tertiary/aromatic N) is 4. The van der Waals surface area contributed by atoms with E-state index in [4.69, 9.17) is 0 Å². The third-order valence-electron chi connectivity index (χ3n) is 4.24. The average Bonchev–Trinajstić information content (AvgIpc) is 3.22. The highest BCUT2D eigenvalue weighted by atomic mass is 79.9. The van der Waals surface area contributed by atoms with Crippen molar-refractivity contribution in [3.05, 3.63) is 59.0 Å². The van der Waals surface area contributed by atoms with Crippen molar-refractivity contribution in [3.8, 4) is 0 Å². The fourth-order valence-corrected chi connectivity index (χ4v) is 3.35. The van der Waals surface area contributed by atoms with Gasteiger partial charge in [-0.15, -0.1) is 0 Å². The Hall–Kier alpha value is -2.21. The van der Waals surface area contributed by atoms with Crippen molar-refractivity contribution in [2.75, 3.05) is 13.1 Å². The predicted octanol–water partition coefficient (Wildman–Crippen LogP) is 3.28. The number of hydrogen-bond donors (Lipinski definition) is 0. The normalized spacial score (nSPS) is 17.8. The number of aromatic nitrogens is 3. The molecule has 1 unspecified atom stereocenters. The molecule has 4 rings (SSSR count). The summed E-state index contributed by atoms with van der Waals surface area (Å²) in [6, 6.07) is 9.79. The maximum atomic E-state index is 12.7. The van der Waals surface area contributed by atoms with Crippen LogP contribution >= 0.6 is 15.9 Å². The number of carbonyl (C=O) groups excluding carboxylic acids is 1. The predicted molar refractivity (Wildman–Crippen MR) is 91.2 cm³/mol. The lowest BCUT2D eigenvalue weighted by molar-refractivity contribution is 0.0787. The Morgan fingerprint density at radius 3 is 3.04 bits per heavy atom. The summed E-state index contributed by atoms with van der Waals surface area (Å²) in [6.07, 6.45) is 6.42. The lowest BCUT2D eigenvalue weighted by atomic mass is 10.1. The minimum absolute atomic E-state index is 0.0736. The minimum atomic E-state index is 0.0736. The Bertz CT molecular complexity index is 876. The quantitative estimate of drug-likeness (QED) is 0.695. The van der Waals surface area contributed by atoms with Crippen LogP contribution in [0.15, 0.2) is 53.4 Å². The summed E-state index contributed by atoms with van der Waals surface area (Å²) in [6.45, 7) is 1.45. The standard InChI is InChI=1S/C17H15BrN4O/c18-14-9-20-22(10-14)15-5-7-21(11-15)17(23)13-3-4-16-12(8-13)2-1-6-19-16/h1-4,6,8-10,15H,5,7,11H2. The molecule has 2 aromatic heterocycles. The van der Waals surface area contributed by atoms with Crippen molar-refractivity contribution in [2.24, 2.45) is 0 Å². The fourth-order valence-electron chi connectivity index (χ4n) is 3.05. The molecule has 3 aromatic rings. The smallest absolute Gasteiger partial charge is 0.253 e. The molecule has 1 atom stereocenters. The van der Waals surface area contributed by atoms with Crippen LogP contribution < -0.4 is 0 Å². The van der Waals surface area contributed by atoms with E-state index in [1.807, 2.05) is 46.1 Å². The van der Waals surface area contributed by atoms with Crippen molar-refractivity contribution in [1.82, 2.24) is 19.7 Å². The third-order valence-corrected chi connectivity index (χ3v) is 4.65. The van der Waals surface area contributed by atoms with Gasteiger partial charge in [-0.1, -0.05) is 6.07 Å². The van der Waals surface area contributed by atoms with Crippen molar-refractivity contribution in [3.63, 3.8) is 0 Å². The number of rotatable bonds is 2. The highest BCUT2D eigenvalue weighted by Gasteiger charge is 2.28. The van der Waals surface area contributed by atoms with Gasteiger partial charge in [0.15, 0.2) is 0 Å². The van der Waals surface area contributed by atoms with Gasteiger partial charge in [0, 0.05) is 36.4 Å². The van der Waals surface area contributed by atoms with Crippen LogP contribution in [0.4, 0.5) is 0 Å². The number of benzene rings is 1. The molecule has 1 fully saturated rings. The van der Waals surface area contributed by atoms with Crippen LogP contribution in [0.3, 0.4) is 0 Å². The Labute approximate surface area is 142 Å². The van der Waals surface area contributed by atoms with E-state index in [0.29, 0.717) is 12.1 Å². The van der Waals surface area contributed by atoms with Gasteiger partial charge < -0.3 is 4.90 Å². The summed E-state index contributed by atoms with van der Waals surface area (Å²) in [5.74, 6) is 0.0736. The molecule has 116 valence electrons. The van der Waals surface area contributed by atoms with Gasteiger partial charge in [0.05, 0.1) is 22.2 Å². The second-order valence-electron chi connectivity index (χ2n) is 5.74. The summed E-state index contributed by atoms with van der Waals surface area (Å²) in [4.78, 5) is 18.9. The van der Waals surface area contributed by atoms with E-state index in [9.17, 15) is 4.79 Å². The first kappa shape index (κ1) is 14.4. The zero-order chi connectivity index (χ0) is 15.8. The molecule has 1 saturated heterocycles. The summed E-state index contributed by atoms with van der Waals surface area (Å²) in [5.41, 5.74) is 1.62. The molecule has 1 amide bonds. The molecule has 0 saturated carbocycles. The molecule has 1 aliphatic heterocycles. The Balaban J connectivity index is 1.54. The Morgan fingerprint density at radius 2 is 2.22 bits per heavy atom. The first-order valence-corrected chi connectivity index (χ1v) is 8.34.